The summed E-state index contributed by atoms with van der Waals surface area (Å²) in [5, 5.41) is 20.8. The lowest BCUT2D eigenvalue weighted by molar-refractivity contribution is -0.849. The molecule has 0 spiro atoms. The fraction of sp³-hybridized carbons (Fsp3) is 0.867. The first-order valence-electron chi connectivity index (χ1n) is 7.02. The van der Waals surface area contributed by atoms with E-state index in [0.717, 1.165) is 8.97 Å². The van der Waals surface area contributed by atoms with Crippen LogP contribution in [0, 0.1) is 5.41 Å². The molecule has 0 saturated carbocycles. The van der Waals surface area contributed by atoms with Crippen LogP contribution in [0.4, 0.5) is 0 Å². The predicted octanol–water partition coefficient (Wildman–Crippen LogP) is -1.06. The van der Waals surface area contributed by atoms with E-state index in [2.05, 4.69) is 56.4 Å². The number of aliphatic carboxylic acids is 2. The summed E-state index contributed by atoms with van der Waals surface area (Å²) in [6.07, 6.45) is -0.0116. The largest absolute Gasteiger partial charge is 0.549 e. The van der Waals surface area contributed by atoms with Gasteiger partial charge < -0.3 is 28.8 Å². The Morgan fingerprint density at radius 2 is 0.857 bits per heavy atom. The first kappa shape index (κ1) is 24.9. The van der Waals surface area contributed by atoms with Crippen LogP contribution in [0.3, 0.4) is 0 Å². The molecule has 0 saturated heterocycles. The Bertz CT molecular complexity index is 271. The first-order valence-corrected chi connectivity index (χ1v) is 7.02. The second-order valence-electron chi connectivity index (χ2n) is 7.73. The molecule has 0 radical (unpaired) electrons. The third kappa shape index (κ3) is 18.9. The fourth-order valence-corrected chi connectivity index (χ4v) is 0.911. The van der Waals surface area contributed by atoms with Gasteiger partial charge in [-0.05, 0) is 12.8 Å². The zero-order chi connectivity index (χ0) is 18.1. The third-order valence-corrected chi connectivity index (χ3v) is 1.99. The highest BCUT2D eigenvalue weighted by Gasteiger charge is 2.29. The van der Waals surface area contributed by atoms with Gasteiger partial charge in [0.2, 0.25) is 0 Å². The maximum Gasteiger partial charge on any atom is 0.0675 e. The number of carboxylic acids is 2. The van der Waals surface area contributed by atoms with Crippen LogP contribution < -0.4 is 10.2 Å². The SMILES string of the molecule is CCC(CC)(C(=O)[O-])C(=O)[O-].C[N+](C)(C)C.C[N+](C)(C)C. The van der Waals surface area contributed by atoms with Gasteiger partial charge in [0.25, 0.3) is 0 Å². The van der Waals surface area contributed by atoms with Crippen molar-refractivity contribution in [3.05, 3.63) is 0 Å². The molecule has 0 heterocycles. The lowest BCUT2D eigenvalue weighted by atomic mass is 9.83. The van der Waals surface area contributed by atoms with Crippen molar-refractivity contribution in [3.8, 4) is 0 Å². The van der Waals surface area contributed by atoms with E-state index in [0.29, 0.717) is 0 Å². The number of rotatable bonds is 4. The lowest BCUT2D eigenvalue weighted by Crippen LogP contribution is -2.53. The molecule has 0 fully saturated rings. The number of hydrogen-bond acceptors (Lipinski definition) is 4. The Hall–Kier alpha value is -1.14. The molecule has 0 rings (SSSR count). The van der Waals surface area contributed by atoms with Crippen molar-refractivity contribution in [2.24, 2.45) is 5.41 Å². The second kappa shape index (κ2) is 9.73. The summed E-state index contributed by atoms with van der Waals surface area (Å²) in [6.45, 7) is 2.96. The van der Waals surface area contributed by atoms with E-state index in [1.165, 1.54) is 13.8 Å². The molecule has 0 aromatic carbocycles. The summed E-state index contributed by atoms with van der Waals surface area (Å²) in [5.41, 5.74) is -1.81. The topological polar surface area (TPSA) is 80.3 Å². The van der Waals surface area contributed by atoms with Crippen LogP contribution in [0.25, 0.3) is 0 Å². The minimum Gasteiger partial charge on any atom is -0.549 e. The normalized spacial score (nSPS) is 11.5. The van der Waals surface area contributed by atoms with Crippen LogP contribution in [0.15, 0.2) is 0 Å². The zero-order valence-corrected chi connectivity index (χ0v) is 15.4. The predicted molar refractivity (Wildman–Crippen MR) is 80.9 cm³/mol. The molecule has 0 aromatic rings. The first-order chi connectivity index (χ1) is 9.01. The summed E-state index contributed by atoms with van der Waals surface area (Å²) in [7, 11) is 17.0. The molecule has 6 nitrogen and oxygen atoms in total. The monoisotopic (exact) mass is 306 g/mol. The average Bonchev–Trinajstić information content (AvgIpc) is 2.13. The maximum absolute atomic E-state index is 10.4. The second-order valence-corrected chi connectivity index (χ2v) is 7.73. The highest BCUT2D eigenvalue weighted by Crippen LogP contribution is 2.24. The van der Waals surface area contributed by atoms with Crippen molar-refractivity contribution in [1.82, 2.24) is 0 Å². The van der Waals surface area contributed by atoms with Crippen molar-refractivity contribution in [2.45, 2.75) is 26.7 Å². The number of carbonyl (C=O) groups excluding carboxylic acids is 2. The van der Waals surface area contributed by atoms with E-state index in [9.17, 15) is 19.8 Å². The summed E-state index contributed by atoms with van der Waals surface area (Å²) >= 11 is 0. The molecule has 0 atom stereocenters. The molecule has 0 bridgehead atoms. The van der Waals surface area contributed by atoms with Crippen LogP contribution in [0.5, 0.6) is 0 Å². The van der Waals surface area contributed by atoms with Crippen molar-refractivity contribution in [2.75, 3.05) is 56.4 Å². The van der Waals surface area contributed by atoms with Crippen molar-refractivity contribution >= 4 is 11.9 Å². The van der Waals surface area contributed by atoms with Gasteiger partial charge in [-0.25, -0.2) is 0 Å². The van der Waals surface area contributed by atoms with Crippen LogP contribution in [0.2, 0.25) is 0 Å². The highest BCUT2D eigenvalue weighted by molar-refractivity contribution is 5.95. The number of carboxylic acid groups (broad SMARTS) is 2. The number of carbonyl (C=O) groups is 2. The van der Waals surface area contributed by atoms with Crippen molar-refractivity contribution in [1.29, 1.82) is 0 Å². The molecule has 128 valence electrons. The molecule has 0 unspecified atom stereocenters. The third-order valence-electron chi connectivity index (χ3n) is 1.99. The number of nitrogens with zero attached hydrogens (tertiary/aromatic N) is 2. The Morgan fingerprint density at radius 1 is 0.714 bits per heavy atom. The summed E-state index contributed by atoms with van der Waals surface area (Å²) in [4.78, 5) is 20.8. The van der Waals surface area contributed by atoms with Crippen molar-refractivity contribution in [3.63, 3.8) is 0 Å². The molecular formula is C15H34N2O4. The zero-order valence-electron chi connectivity index (χ0n) is 15.4. The van der Waals surface area contributed by atoms with Gasteiger partial charge in [-0.15, -0.1) is 0 Å². The Kier molecular flexibility index (Phi) is 11.5. The minimum absolute atomic E-state index is 0.00579. The molecule has 0 aliphatic carbocycles. The van der Waals surface area contributed by atoms with E-state index in [1.54, 1.807) is 0 Å². The molecule has 0 amide bonds. The van der Waals surface area contributed by atoms with E-state index in [-0.39, 0.29) is 12.8 Å². The van der Waals surface area contributed by atoms with E-state index in [1.807, 2.05) is 0 Å². The molecule has 0 aromatic heterocycles. The molecule has 6 heteroatoms. The average molecular weight is 306 g/mol. The van der Waals surface area contributed by atoms with Crippen LogP contribution in [0.1, 0.15) is 26.7 Å². The highest BCUT2D eigenvalue weighted by atomic mass is 16.4. The molecule has 0 N–H and O–H groups in total. The van der Waals surface area contributed by atoms with E-state index in [4.69, 9.17) is 0 Å². The maximum atomic E-state index is 10.4. The summed E-state index contributed by atoms with van der Waals surface area (Å²) in [5.74, 6) is -3.13. The Balaban J connectivity index is -0.000000270. The van der Waals surface area contributed by atoms with Gasteiger partial charge in [-0.1, -0.05) is 13.8 Å². The van der Waals surface area contributed by atoms with Gasteiger partial charge in [0.05, 0.1) is 68.3 Å². The fourth-order valence-electron chi connectivity index (χ4n) is 0.911. The molecule has 0 aliphatic heterocycles. The van der Waals surface area contributed by atoms with Gasteiger partial charge in [0, 0.05) is 5.41 Å². The van der Waals surface area contributed by atoms with Crippen LogP contribution >= 0.6 is 0 Å². The molecular weight excluding hydrogens is 272 g/mol. The van der Waals surface area contributed by atoms with Gasteiger partial charge in [-0.2, -0.15) is 0 Å². The number of hydrogen-bond donors (Lipinski definition) is 0. The molecule has 21 heavy (non-hydrogen) atoms. The Labute approximate surface area is 130 Å². The minimum atomic E-state index is -1.81. The van der Waals surface area contributed by atoms with Gasteiger partial charge in [0.1, 0.15) is 0 Å². The molecule has 0 aliphatic rings. The van der Waals surface area contributed by atoms with Gasteiger partial charge in [-0.3, -0.25) is 0 Å². The van der Waals surface area contributed by atoms with Crippen LogP contribution in [-0.2, 0) is 9.59 Å². The van der Waals surface area contributed by atoms with Gasteiger partial charge >= 0.3 is 0 Å². The summed E-state index contributed by atoms with van der Waals surface area (Å²) < 4.78 is 2.00. The number of quaternary nitrogens is 2. The quantitative estimate of drug-likeness (QED) is 0.490. The van der Waals surface area contributed by atoms with Crippen LogP contribution in [-0.4, -0.2) is 77.3 Å². The van der Waals surface area contributed by atoms with E-state index < -0.39 is 17.4 Å². The van der Waals surface area contributed by atoms with Gasteiger partial charge in [0.15, 0.2) is 0 Å². The van der Waals surface area contributed by atoms with Crippen molar-refractivity contribution < 1.29 is 28.8 Å². The smallest absolute Gasteiger partial charge is 0.0675 e. The summed E-state index contributed by atoms with van der Waals surface area (Å²) in [6, 6.07) is 0. The van der Waals surface area contributed by atoms with E-state index >= 15 is 0 Å². The lowest BCUT2D eigenvalue weighted by Gasteiger charge is -2.33. The standard InChI is InChI=1S/C7H12O4.2C4H12N/c1-3-7(4-2,5(8)9)6(10)11;2*1-5(2,3)4/h3-4H2,1-2H3,(H,8,9)(H,10,11);2*1-4H3/q;2*+1/p-2. The Morgan fingerprint density at radius 3 is 0.857 bits per heavy atom.